The minimum absolute atomic E-state index is 0.184. The van der Waals surface area contributed by atoms with Gasteiger partial charge < -0.3 is 15.0 Å². The van der Waals surface area contributed by atoms with Crippen molar-refractivity contribution in [1.29, 1.82) is 0 Å². The van der Waals surface area contributed by atoms with Crippen molar-refractivity contribution in [2.45, 2.75) is 71.1 Å². The third-order valence-corrected chi connectivity index (χ3v) is 8.20. The number of amides is 1. The van der Waals surface area contributed by atoms with Crippen LogP contribution in [0.25, 0.3) is 0 Å². The lowest BCUT2D eigenvalue weighted by Gasteiger charge is -2.39. The summed E-state index contributed by atoms with van der Waals surface area (Å²) in [6.07, 6.45) is 1.74. The molecule has 2 aromatic carbocycles. The first kappa shape index (κ1) is 28.4. The molecule has 4 rings (SSSR count). The maximum Gasteiger partial charge on any atom is 0.416 e. The summed E-state index contributed by atoms with van der Waals surface area (Å²) in [5.74, 6) is 0.718. The average molecular weight is 532 g/mol. The summed E-state index contributed by atoms with van der Waals surface area (Å²) in [6.45, 7) is 10.7. The number of benzene rings is 2. The Hall–Kier alpha value is -2.58. The van der Waals surface area contributed by atoms with Crippen LogP contribution in [0, 0.1) is 13.8 Å². The number of carbonyl (C=O) groups excluding carboxylic acids is 1. The van der Waals surface area contributed by atoms with E-state index >= 15 is 0 Å². The fourth-order valence-electron chi connectivity index (χ4n) is 5.25. The maximum atomic E-state index is 12.8. The number of nitrogens with one attached hydrogen (secondary N) is 1. The molecule has 208 valence electrons. The van der Waals surface area contributed by atoms with Crippen LogP contribution >= 0.6 is 0 Å². The Kier molecular flexibility index (Phi) is 9.36. The van der Waals surface area contributed by atoms with E-state index in [2.05, 4.69) is 43.1 Å². The quantitative estimate of drug-likeness (QED) is 0.374. The van der Waals surface area contributed by atoms with Crippen molar-refractivity contribution in [3.63, 3.8) is 0 Å². The number of hydrogen-bond donors (Lipinski definition) is 1. The highest BCUT2D eigenvalue weighted by molar-refractivity contribution is 5.94. The summed E-state index contributed by atoms with van der Waals surface area (Å²) in [4.78, 5) is 16.9. The predicted molar refractivity (Wildman–Crippen MR) is 144 cm³/mol. The molecule has 5 nitrogen and oxygen atoms in total. The predicted octanol–water partition coefficient (Wildman–Crippen LogP) is 6.14. The van der Waals surface area contributed by atoms with Crippen molar-refractivity contribution in [2.24, 2.45) is 0 Å². The molecule has 8 heteroatoms. The van der Waals surface area contributed by atoms with Gasteiger partial charge in [0.1, 0.15) is 5.75 Å². The second-order valence-electron chi connectivity index (χ2n) is 10.6. The van der Waals surface area contributed by atoms with Gasteiger partial charge >= 0.3 is 6.18 Å². The maximum absolute atomic E-state index is 12.8. The van der Waals surface area contributed by atoms with Gasteiger partial charge in [-0.3, -0.25) is 9.69 Å². The monoisotopic (exact) mass is 531 g/mol. The van der Waals surface area contributed by atoms with E-state index in [1.807, 2.05) is 0 Å². The van der Waals surface area contributed by atoms with Gasteiger partial charge in [-0.15, -0.1) is 0 Å². The summed E-state index contributed by atoms with van der Waals surface area (Å²) < 4.78 is 44.6. The van der Waals surface area contributed by atoms with Crippen molar-refractivity contribution in [2.75, 3.05) is 39.3 Å². The molecule has 1 aliphatic heterocycles. The van der Waals surface area contributed by atoms with Crippen molar-refractivity contribution in [3.05, 3.63) is 64.2 Å². The van der Waals surface area contributed by atoms with Crippen molar-refractivity contribution >= 4 is 5.91 Å². The number of nitrogens with zero attached hydrogens (tertiary/aromatic N) is 2. The first-order valence-corrected chi connectivity index (χ1v) is 13.8. The molecule has 2 aromatic rings. The second-order valence-corrected chi connectivity index (χ2v) is 10.6. The number of rotatable bonds is 10. The topological polar surface area (TPSA) is 44.8 Å². The summed E-state index contributed by atoms with van der Waals surface area (Å²) in [7, 11) is 0. The molecule has 1 amide bonds. The van der Waals surface area contributed by atoms with Gasteiger partial charge in [0.2, 0.25) is 0 Å². The number of hydrogen-bond acceptors (Lipinski definition) is 4. The van der Waals surface area contributed by atoms with Crippen molar-refractivity contribution < 1.29 is 22.7 Å². The van der Waals surface area contributed by atoms with Gasteiger partial charge in [-0.05, 0) is 100 Å². The normalized spacial score (nSPS) is 17.8. The van der Waals surface area contributed by atoms with E-state index in [0.717, 1.165) is 55.5 Å². The summed E-state index contributed by atoms with van der Waals surface area (Å²) >= 11 is 0. The van der Waals surface area contributed by atoms with Gasteiger partial charge in [-0.25, -0.2) is 0 Å². The molecule has 1 N–H and O–H groups in total. The summed E-state index contributed by atoms with van der Waals surface area (Å²) in [6, 6.07) is 9.62. The van der Waals surface area contributed by atoms with Gasteiger partial charge in [-0.1, -0.05) is 12.5 Å². The standard InChI is InChI=1S/C30H40F3N3O2/c1-21-22(2)28(38-20-5-4-15-34-26-7-6-8-26)14-13-27(21)23(3)35-16-18-36(19-17-35)29(37)24-9-11-25(12-10-24)30(31,32)33/h9-14,23,26,34H,4-8,15-20H2,1-3H3. The molecule has 1 saturated heterocycles. The SMILES string of the molecule is Cc1c(OCCCCNC2CCC2)ccc(C(C)N2CCN(C(=O)c3ccc(C(F)(F)F)cc3)CC2)c1C. The first-order chi connectivity index (χ1) is 18.1. The molecule has 0 aromatic heterocycles. The van der Waals surface area contributed by atoms with E-state index in [4.69, 9.17) is 4.74 Å². The second kappa shape index (κ2) is 12.5. The van der Waals surface area contributed by atoms with Gasteiger partial charge in [0.05, 0.1) is 12.2 Å². The van der Waals surface area contributed by atoms with Crippen LogP contribution in [-0.4, -0.2) is 61.1 Å². The molecule has 0 radical (unpaired) electrons. The molecule has 1 heterocycles. The van der Waals surface area contributed by atoms with Crippen LogP contribution < -0.4 is 10.1 Å². The number of carbonyl (C=O) groups is 1. The van der Waals surface area contributed by atoms with Crippen LogP contribution in [0.4, 0.5) is 13.2 Å². The molecule has 0 spiro atoms. The zero-order valence-corrected chi connectivity index (χ0v) is 22.7. The Bertz CT molecular complexity index is 1080. The minimum atomic E-state index is -4.41. The summed E-state index contributed by atoms with van der Waals surface area (Å²) in [5, 5.41) is 3.59. The third kappa shape index (κ3) is 6.89. The van der Waals surface area contributed by atoms with E-state index in [1.54, 1.807) is 4.90 Å². The highest BCUT2D eigenvalue weighted by Crippen LogP contribution is 2.32. The Morgan fingerprint density at radius 3 is 2.29 bits per heavy atom. The minimum Gasteiger partial charge on any atom is -0.493 e. The van der Waals surface area contributed by atoms with E-state index in [9.17, 15) is 18.0 Å². The zero-order chi connectivity index (χ0) is 27.3. The smallest absolute Gasteiger partial charge is 0.416 e. The lowest BCUT2D eigenvalue weighted by molar-refractivity contribution is -0.137. The van der Waals surface area contributed by atoms with Crippen molar-refractivity contribution in [1.82, 2.24) is 15.1 Å². The van der Waals surface area contributed by atoms with E-state index < -0.39 is 11.7 Å². The molecule has 1 atom stereocenters. The van der Waals surface area contributed by atoms with E-state index in [0.29, 0.717) is 26.2 Å². The van der Waals surface area contributed by atoms with Crippen LogP contribution in [-0.2, 0) is 6.18 Å². The number of unbranched alkanes of at least 4 members (excludes halogenated alkanes) is 1. The zero-order valence-electron chi connectivity index (χ0n) is 22.7. The largest absolute Gasteiger partial charge is 0.493 e. The molecule has 2 fully saturated rings. The Morgan fingerprint density at radius 1 is 1.00 bits per heavy atom. The molecule has 1 saturated carbocycles. The summed E-state index contributed by atoms with van der Waals surface area (Å²) in [5.41, 5.74) is 3.19. The number of halogens is 3. The van der Waals surface area contributed by atoms with Crippen LogP contribution in [0.3, 0.4) is 0 Å². The number of piperazine rings is 1. The van der Waals surface area contributed by atoms with E-state index in [-0.39, 0.29) is 17.5 Å². The van der Waals surface area contributed by atoms with Crippen LogP contribution in [0.5, 0.6) is 5.75 Å². The lowest BCUT2D eigenvalue weighted by Crippen LogP contribution is -2.49. The Morgan fingerprint density at radius 2 is 1.68 bits per heavy atom. The highest BCUT2D eigenvalue weighted by atomic mass is 19.4. The molecule has 2 aliphatic rings. The van der Waals surface area contributed by atoms with Gasteiger partial charge in [0.15, 0.2) is 0 Å². The van der Waals surface area contributed by atoms with Crippen LogP contribution in [0.2, 0.25) is 0 Å². The highest BCUT2D eigenvalue weighted by Gasteiger charge is 2.31. The van der Waals surface area contributed by atoms with Crippen LogP contribution in [0.1, 0.15) is 77.7 Å². The van der Waals surface area contributed by atoms with E-state index in [1.165, 1.54) is 42.5 Å². The molecular formula is C30H40F3N3O2. The van der Waals surface area contributed by atoms with Gasteiger partial charge in [0.25, 0.3) is 5.91 Å². The number of ether oxygens (including phenoxy) is 1. The molecule has 0 bridgehead atoms. The first-order valence-electron chi connectivity index (χ1n) is 13.8. The fraction of sp³-hybridized carbons (Fsp3) is 0.567. The fourth-order valence-corrected chi connectivity index (χ4v) is 5.25. The molecule has 1 unspecified atom stereocenters. The molecule has 38 heavy (non-hydrogen) atoms. The lowest BCUT2D eigenvalue weighted by atomic mass is 9.93. The van der Waals surface area contributed by atoms with Gasteiger partial charge in [0, 0.05) is 43.8 Å². The van der Waals surface area contributed by atoms with Crippen LogP contribution in [0.15, 0.2) is 36.4 Å². The average Bonchev–Trinajstić information content (AvgIpc) is 2.88. The third-order valence-electron chi connectivity index (χ3n) is 8.20. The Balaban J connectivity index is 1.26. The van der Waals surface area contributed by atoms with Crippen molar-refractivity contribution in [3.8, 4) is 5.75 Å². The van der Waals surface area contributed by atoms with Gasteiger partial charge in [-0.2, -0.15) is 13.2 Å². The molecular weight excluding hydrogens is 491 g/mol. The number of alkyl halides is 3. The Labute approximate surface area is 224 Å². The molecule has 1 aliphatic carbocycles.